The lowest BCUT2D eigenvalue weighted by Gasteiger charge is -2.30. The Morgan fingerprint density at radius 3 is 2.75 bits per heavy atom. The average Bonchev–Trinajstić information content (AvgIpc) is 3.03. The van der Waals surface area contributed by atoms with Gasteiger partial charge in [0.25, 0.3) is 5.91 Å². The Balaban J connectivity index is 1.73. The minimum absolute atomic E-state index is 0.0387. The average molecular weight is 276 g/mol. The first-order valence-electron chi connectivity index (χ1n) is 7.19. The van der Waals surface area contributed by atoms with Crippen molar-refractivity contribution in [2.24, 2.45) is 0 Å². The van der Waals surface area contributed by atoms with Gasteiger partial charge >= 0.3 is 0 Å². The van der Waals surface area contributed by atoms with E-state index in [1.165, 1.54) is 0 Å². The van der Waals surface area contributed by atoms with Crippen LogP contribution in [0.4, 0.5) is 11.4 Å². The Morgan fingerprint density at radius 1 is 1.20 bits per heavy atom. The van der Waals surface area contributed by atoms with Gasteiger partial charge in [-0.3, -0.25) is 4.79 Å². The van der Waals surface area contributed by atoms with Crippen LogP contribution in [-0.2, 0) is 14.3 Å². The van der Waals surface area contributed by atoms with Crippen molar-refractivity contribution in [1.29, 1.82) is 0 Å². The van der Waals surface area contributed by atoms with E-state index in [2.05, 4.69) is 10.2 Å². The van der Waals surface area contributed by atoms with E-state index in [1.807, 2.05) is 24.3 Å². The molecular weight excluding hydrogens is 256 g/mol. The smallest absolute Gasteiger partial charge is 0.253 e. The number of rotatable bonds is 3. The van der Waals surface area contributed by atoms with Gasteiger partial charge in [-0.05, 0) is 25.0 Å². The monoisotopic (exact) mass is 276 g/mol. The summed E-state index contributed by atoms with van der Waals surface area (Å²) in [4.78, 5) is 14.4. The van der Waals surface area contributed by atoms with E-state index in [0.29, 0.717) is 6.61 Å². The summed E-state index contributed by atoms with van der Waals surface area (Å²) in [6, 6.07) is 7.91. The summed E-state index contributed by atoms with van der Waals surface area (Å²) < 4.78 is 10.8. The van der Waals surface area contributed by atoms with E-state index in [9.17, 15) is 4.79 Å². The molecule has 0 aliphatic carbocycles. The van der Waals surface area contributed by atoms with Crippen LogP contribution in [0, 0.1) is 0 Å². The molecule has 0 bridgehead atoms. The third-order valence-corrected chi connectivity index (χ3v) is 3.74. The molecule has 20 heavy (non-hydrogen) atoms. The molecule has 1 N–H and O–H groups in total. The summed E-state index contributed by atoms with van der Waals surface area (Å²) in [7, 11) is 0. The molecule has 3 rings (SSSR count). The van der Waals surface area contributed by atoms with Crippen LogP contribution in [0.5, 0.6) is 0 Å². The number of morpholine rings is 1. The van der Waals surface area contributed by atoms with Crippen molar-refractivity contribution < 1.29 is 14.3 Å². The number of hydrogen-bond donors (Lipinski definition) is 1. The van der Waals surface area contributed by atoms with Crippen molar-refractivity contribution in [3.8, 4) is 0 Å². The molecule has 1 atom stereocenters. The molecule has 2 heterocycles. The fraction of sp³-hybridized carbons (Fsp3) is 0.533. The van der Waals surface area contributed by atoms with Crippen LogP contribution in [0.3, 0.4) is 0 Å². The molecule has 2 aliphatic heterocycles. The van der Waals surface area contributed by atoms with Crippen LogP contribution in [0.1, 0.15) is 12.8 Å². The standard InChI is InChI=1S/C15H20N2O3/c18-15(14-6-3-9-20-14)16-12-4-1-2-5-13(12)17-7-10-19-11-8-17/h1-2,4-5,14H,3,6-11H2,(H,16,18)/t14-/m0/s1. The maximum atomic E-state index is 12.2. The number of carbonyl (C=O) groups excluding carboxylic acids is 1. The fourth-order valence-electron chi connectivity index (χ4n) is 2.66. The molecule has 2 aliphatic rings. The minimum Gasteiger partial charge on any atom is -0.378 e. The summed E-state index contributed by atoms with van der Waals surface area (Å²) in [5, 5.41) is 3.00. The molecule has 0 aromatic heterocycles. The molecule has 0 unspecified atom stereocenters. The van der Waals surface area contributed by atoms with E-state index in [-0.39, 0.29) is 12.0 Å². The van der Waals surface area contributed by atoms with Crippen LogP contribution >= 0.6 is 0 Å². The predicted octanol–water partition coefficient (Wildman–Crippen LogP) is 1.64. The van der Waals surface area contributed by atoms with E-state index in [1.54, 1.807) is 0 Å². The van der Waals surface area contributed by atoms with Gasteiger partial charge in [0.1, 0.15) is 6.10 Å². The molecule has 5 heteroatoms. The summed E-state index contributed by atoms with van der Waals surface area (Å²) in [5.41, 5.74) is 1.91. The number of nitrogens with one attached hydrogen (secondary N) is 1. The molecule has 2 saturated heterocycles. The van der Waals surface area contributed by atoms with Gasteiger partial charge in [0.2, 0.25) is 0 Å². The van der Waals surface area contributed by atoms with Crippen molar-refractivity contribution >= 4 is 17.3 Å². The number of carbonyl (C=O) groups is 1. The van der Waals surface area contributed by atoms with Crippen LogP contribution < -0.4 is 10.2 Å². The highest BCUT2D eigenvalue weighted by Gasteiger charge is 2.24. The Bertz CT molecular complexity index is 466. The zero-order valence-electron chi connectivity index (χ0n) is 11.5. The molecule has 0 radical (unpaired) electrons. The Morgan fingerprint density at radius 2 is 2.00 bits per heavy atom. The van der Waals surface area contributed by atoms with E-state index >= 15 is 0 Å². The first-order valence-corrected chi connectivity index (χ1v) is 7.19. The van der Waals surface area contributed by atoms with E-state index in [4.69, 9.17) is 9.47 Å². The number of hydrogen-bond acceptors (Lipinski definition) is 4. The van der Waals surface area contributed by atoms with Gasteiger partial charge in [0.15, 0.2) is 0 Å². The zero-order valence-corrected chi connectivity index (χ0v) is 11.5. The van der Waals surface area contributed by atoms with Gasteiger partial charge in [-0.25, -0.2) is 0 Å². The highest BCUT2D eigenvalue weighted by Crippen LogP contribution is 2.27. The molecule has 5 nitrogen and oxygen atoms in total. The second kappa shape index (κ2) is 6.24. The number of benzene rings is 1. The van der Waals surface area contributed by atoms with Gasteiger partial charge in [-0.1, -0.05) is 12.1 Å². The van der Waals surface area contributed by atoms with Gasteiger partial charge < -0.3 is 19.7 Å². The van der Waals surface area contributed by atoms with Crippen LogP contribution in [0.15, 0.2) is 24.3 Å². The van der Waals surface area contributed by atoms with Crippen LogP contribution in [0.25, 0.3) is 0 Å². The summed E-state index contributed by atoms with van der Waals surface area (Å²) in [6.45, 7) is 3.85. The van der Waals surface area contributed by atoms with E-state index in [0.717, 1.165) is 50.5 Å². The first-order chi connectivity index (χ1) is 9.84. The van der Waals surface area contributed by atoms with Crippen molar-refractivity contribution in [3.05, 3.63) is 24.3 Å². The lowest BCUT2D eigenvalue weighted by Crippen LogP contribution is -2.37. The molecule has 1 aromatic rings. The highest BCUT2D eigenvalue weighted by molar-refractivity contribution is 5.97. The number of para-hydroxylation sites is 2. The molecule has 2 fully saturated rings. The minimum atomic E-state index is -0.298. The number of ether oxygens (including phenoxy) is 2. The number of amides is 1. The second-order valence-corrected chi connectivity index (χ2v) is 5.11. The quantitative estimate of drug-likeness (QED) is 0.912. The van der Waals surface area contributed by atoms with Gasteiger partial charge in [-0.2, -0.15) is 0 Å². The first kappa shape index (κ1) is 13.4. The molecule has 0 spiro atoms. The van der Waals surface area contributed by atoms with Gasteiger partial charge in [-0.15, -0.1) is 0 Å². The largest absolute Gasteiger partial charge is 0.378 e. The zero-order chi connectivity index (χ0) is 13.8. The molecule has 1 amide bonds. The lowest BCUT2D eigenvalue weighted by atomic mass is 10.2. The third-order valence-electron chi connectivity index (χ3n) is 3.74. The lowest BCUT2D eigenvalue weighted by molar-refractivity contribution is -0.124. The molecule has 0 saturated carbocycles. The Kier molecular flexibility index (Phi) is 4.18. The SMILES string of the molecule is O=C(Nc1ccccc1N1CCOCC1)[C@@H]1CCCO1. The van der Waals surface area contributed by atoms with Crippen molar-refractivity contribution in [2.45, 2.75) is 18.9 Å². The second-order valence-electron chi connectivity index (χ2n) is 5.11. The molecular formula is C15H20N2O3. The molecule has 1 aromatic carbocycles. The number of nitrogens with zero attached hydrogens (tertiary/aromatic N) is 1. The summed E-state index contributed by atoms with van der Waals surface area (Å²) in [5.74, 6) is -0.0387. The predicted molar refractivity (Wildman–Crippen MR) is 77.1 cm³/mol. The Hall–Kier alpha value is -1.59. The van der Waals surface area contributed by atoms with Crippen LogP contribution in [0.2, 0.25) is 0 Å². The Labute approximate surface area is 118 Å². The fourth-order valence-corrected chi connectivity index (χ4v) is 2.66. The van der Waals surface area contributed by atoms with Crippen molar-refractivity contribution in [1.82, 2.24) is 0 Å². The maximum Gasteiger partial charge on any atom is 0.253 e. The summed E-state index contributed by atoms with van der Waals surface area (Å²) >= 11 is 0. The topological polar surface area (TPSA) is 50.8 Å². The van der Waals surface area contributed by atoms with Gasteiger partial charge in [0.05, 0.1) is 24.6 Å². The van der Waals surface area contributed by atoms with Crippen molar-refractivity contribution in [3.63, 3.8) is 0 Å². The third kappa shape index (κ3) is 2.94. The summed E-state index contributed by atoms with van der Waals surface area (Å²) in [6.07, 6.45) is 1.47. The highest BCUT2D eigenvalue weighted by atomic mass is 16.5. The number of anilines is 2. The van der Waals surface area contributed by atoms with Crippen molar-refractivity contribution in [2.75, 3.05) is 43.1 Å². The van der Waals surface area contributed by atoms with E-state index < -0.39 is 0 Å². The maximum absolute atomic E-state index is 12.2. The molecule has 108 valence electrons. The van der Waals surface area contributed by atoms with Crippen LogP contribution in [-0.4, -0.2) is 44.9 Å². The van der Waals surface area contributed by atoms with Gasteiger partial charge in [0, 0.05) is 19.7 Å². The normalized spacial score (nSPS) is 22.8.